The first kappa shape index (κ1) is 23.1. The molecule has 9 heteroatoms. The number of hydrazine groups is 1. The summed E-state index contributed by atoms with van der Waals surface area (Å²) in [5, 5.41) is 4.01. The normalized spacial score (nSPS) is 22.2. The molecule has 2 heterocycles. The van der Waals surface area contributed by atoms with Crippen molar-refractivity contribution in [2.45, 2.75) is 12.6 Å². The molecule has 2 aliphatic rings. The third kappa shape index (κ3) is 4.78. The maximum absolute atomic E-state index is 14.2. The average molecular weight is 480 g/mol. The monoisotopic (exact) mass is 480 g/mol. The predicted octanol–water partition coefficient (Wildman–Crippen LogP) is 3.71. The molecule has 3 atom stereocenters. The van der Waals surface area contributed by atoms with E-state index >= 15 is 0 Å². The fourth-order valence-electron chi connectivity index (χ4n) is 4.75. The van der Waals surface area contributed by atoms with E-state index in [9.17, 15) is 22.8 Å². The molecule has 0 bridgehead atoms. The Morgan fingerprint density at radius 2 is 1.66 bits per heavy atom. The van der Waals surface area contributed by atoms with Crippen LogP contribution in [0.1, 0.15) is 5.56 Å². The lowest BCUT2D eigenvalue weighted by Crippen LogP contribution is -2.55. The van der Waals surface area contributed by atoms with Gasteiger partial charge < -0.3 is 5.32 Å². The highest BCUT2D eigenvalue weighted by Gasteiger charge is 2.50. The van der Waals surface area contributed by atoms with Gasteiger partial charge >= 0.3 is 0 Å². The number of benzene rings is 3. The highest BCUT2D eigenvalue weighted by atomic mass is 19.1. The van der Waals surface area contributed by atoms with E-state index in [1.165, 1.54) is 23.2 Å². The van der Waals surface area contributed by atoms with Crippen LogP contribution in [0, 0.1) is 29.3 Å². The Labute approximate surface area is 200 Å². The van der Waals surface area contributed by atoms with Gasteiger partial charge in [-0.15, -0.1) is 0 Å². The van der Waals surface area contributed by atoms with Crippen LogP contribution in [0.4, 0.5) is 24.5 Å². The van der Waals surface area contributed by atoms with Crippen molar-refractivity contribution in [2.75, 3.05) is 23.4 Å². The van der Waals surface area contributed by atoms with Crippen molar-refractivity contribution < 1.29 is 22.8 Å². The number of carbonyl (C=O) groups is 2. The SMILES string of the molecule is O=C(Nc1ccc(F)cc1F)C1CN(Cc2ccc(F)cc2)CC2C(=O)N(c3ccccc3)NC12. The molecule has 2 amide bonds. The van der Waals surface area contributed by atoms with Crippen LogP contribution in [-0.2, 0) is 16.1 Å². The van der Waals surface area contributed by atoms with E-state index in [0.29, 0.717) is 24.8 Å². The van der Waals surface area contributed by atoms with E-state index in [2.05, 4.69) is 10.7 Å². The van der Waals surface area contributed by atoms with Crippen LogP contribution >= 0.6 is 0 Å². The minimum atomic E-state index is -0.879. The molecule has 0 spiro atoms. The number of likely N-dealkylation sites (tertiary alicyclic amines) is 1. The predicted molar refractivity (Wildman–Crippen MR) is 124 cm³/mol. The summed E-state index contributed by atoms with van der Waals surface area (Å²) >= 11 is 0. The second-order valence-corrected chi connectivity index (χ2v) is 8.81. The third-order valence-corrected chi connectivity index (χ3v) is 6.45. The highest BCUT2D eigenvalue weighted by Crippen LogP contribution is 2.33. The average Bonchev–Trinajstić information content (AvgIpc) is 3.18. The van der Waals surface area contributed by atoms with Crippen LogP contribution in [0.25, 0.3) is 0 Å². The third-order valence-electron chi connectivity index (χ3n) is 6.45. The summed E-state index contributed by atoms with van der Waals surface area (Å²) in [5.74, 6) is -3.87. The molecule has 0 aromatic heterocycles. The van der Waals surface area contributed by atoms with Gasteiger partial charge in [-0.25, -0.2) is 23.6 Å². The molecule has 35 heavy (non-hydrogen) atoms. The van der Waals surface area contributed by atoms with Crippen LogP contribution in [0.3, 0.4) is 0 Å². The van der Waals surface area contributed by atoms with Crippen LogP contribution in [0.15, 0.2) is 72.8 Å². The molecule has 5 rings (SSSR count). The molecule has 2 aliphatic heterocycles. The molecule has 0 radical (unpaired) electrons. The van der Waals surface area contributed by atoms with Gasteiger partial charge in [-0.1, -0.05) is 30.3 Å². The van der Waals surface area contributed by atoms with Crippen molar-refractivity contribution >= 4 is 23.2 Å². The molecule has 2 N–H and O–H groups in total. The number of carbonyl (C=O) groups excluding carboxylic acids is 2. The topological polar surface area (TPSA) is 64.7 Å². The van der Waals surface area contributed by atoms with E-state index < -0.39 is 35.4 Å². The van der Waals surface area contributed by atoms with Gasteiger partial charge in [0.05, 0.1) is 29.3 Å². The van der Waals surface area contributed by atoms with Gasteiger partial charge in [0.1, 0.15) is 17.5 Å². The summed E-state index contributed by atoms with van der Waals surface area (Å²) in [6.45, 7) is 1.10. The number of rotatable bonds is 5. The number of nitrogens with zero attached hydrogens (tertiary/aromatic N) is 2. The van der Waals surface area contributed by atoms with Crippen molar-refractivity contribution in [3.8, 4) is 0 Å². The number of piperidine rings is 1. The number of fused-ring (bicyclic) bond motifs is 1. The Bertz CT molecular complexity index is 1240. The van der Waals surface area contributed by atoms with Gasteiger partial charge in [0, 0.05) is 25.7 Å². The molecule has 2 saturated heterocycles. The van der Waals surface area contributed by atoms with Crippen LogP contribution < -0.4 is 15.8 Å². The van der Waals surface area contributed by atoms with Gasteiger partial charge in [-0.3, -0.25) is 14.5 Å². The van der Waals surface area contributed by atoms with Crippen molar-refractivity contribution in [3.05, 3.63) is 95.8 Å². The second kappa shape index (κ2) is 9.52. The number of hydrogen-bond acceptors (Lipinski definition) is 4. The zero-order chi connectivity index (χ0) is 24.5. The smallest absolute Gasteiger partial charge is 0.247 e. The minimum Gasteiger partial charge on any atom is -0.323 e. The molecule has 180 valence electrons. The number of halogens is 3. The van der Waals surface area contributed by atoms with E-state index in [1.807, 2.05) is 23.1 Å². The summed E-state index contributed by atoms with van der Waals surface area (Å²) in [6, 6.07) is 17.5. The van der Waals surface area contributed by atoms with Crippen molar-refractivity contribution in [1.82, 2.24) is 10.3 Å². The fourth-order valence-corrected chi connectivity index (χ4v) is 4.75. The van der Waals surface area contributed by atoms with Crippen LogP contribution in [-0.4, -0.2) is 35.8 Å². The minimum absolute atomic E-state index is 0.132. The van der Waals surface area contributed by atoms with E-state index in [4.69, 9.17) is 0 Å². The number of hydrogen-bond donors (Lipinski definition) is 2. The summed E-state index contributed by atoms with van der Waals surface area (Å²) in [6.07, 6.45) is 0. The Kier molecular flexibility index (Phi) is 6.27. The molecular weight excluding hydrogens is 457 g/mol. The summed E-state index contributed by atoms with van der Waals surface area (Å²) in [4.78, 5) is 28.6. The van der Waals surface area contributed by atoms with Crippen LogP contribution in [0.2, 0.25) is 0 Å². The number of nitrogens with one attached hydrogen (secondary N) is 2. The number of amides is 2. The first-order valence-electron chi connectivity index (χ1n) is 11.3. The Hall–Kier alpha value is -3.69. The number of anilines is 2. The summed E-state index contributed by atoms with van der Waals surface area (Å²) in [5.41, 5.74) is 4.55. The Morgan fingerprint density at radius 1 is 0.943 bits per heavy atom. The molecule has 3 aromatic rings. The molecule has 3 aromatic carbocycles. The lowest BCUT2D eigenvalue weighted by atomic mass is 9.83. The maximum Gasteiger partial charge on any atom is 0.247 e. The molecule has 2 fully saturated rings. The standard InChI is InChI=1S/C26H23F3N4O2/c27-17-8-6-16(7-9-17)13-32-14-20(25(34)30-23-11-10-18(28)12-22(23)29)24-21(15-32)26(35)33(31-24)19-4-2-1-3-5-19/h1-12,20-21,24,31H,13-15H2,(H,30,34). The van der Waals surface area contributed by atoms with E-state index in [0.717, 1.165) is 11.6 Å². The summed E-state index contributed by atoms with van der Waals surface area (Å²) in [7, 11) is 0. The molecular formula is C26H23F3N4O2. The molecule has 3 unspecified atom stereocenters. The van der Waals surface area contributed by atoms with Crippen molar-refractivity contribution in [2.24, 2.45) is 11.8 Å². The fraction of sp³-hybridized carbons (Fsp3) is 0.231. The first-order chi connectivity index (χ1) is 16.9. The quantitative estimate of drug-likeness (QED) is 0.585. The molecule has 0 saturated carbocycles. The van der Waals surface area contributed by atoms with Gasteiger partial charge in [0.2, 0.25) is 11.8 Å². The molecule has 0 aliphatic carbocycles. The van der Waals surface area contributed by atoms with E-state index in [-0.39, 0.29) is 24.0 Å². The van der Waals surface area contributed by atoms with Crippen molar-refractivity contribution in [3.63, 3.8) is 0 Å². The number of para-hydroxylation sites is 1. The zero-order valence-corrected chi connectivity index (χ0v) is 18.6. The first-order valence-corrected chi connectivity index (χ1v) is 11.3. The largest absolute Gasteiger partial charge is 0.323 e. The maximum atomic E-state index is 14.2. The Morgan fingerprint density at radius 3 is 2.37 bits per heavy atom. The summed E-state index contributed by atoms with van der Waals surface area (Å²) < 4.78 is 40.9. The molecule has 6 nitrogen and oxygen atoms in total. The van der Waals surface area contributed by atoms with Gasteiger partial charge in [0.15, 0.2) is 0 Å². The lowest BCUT2D eigenvalue weighted by Gasteiger charge is -2.38. The Balaban J connectivity index is 1.42. The second-order valence-electron chi connectivity index (χ2n) is 8.81. The zero-order valence-electron chi connectivity index (χ0n) is 18.6. The van der Waals surface area contributed by atoms with Gasteiger partial charge in [0.25, 0.3) is 0 Å². The van der Waals surface area contributed by atoms with Gasteiger partial charge in [-0.05, 0) is 42.0 Å². The van der Waals surface area contributed by atoms with Gasteiger partial charge in [-0.2, -0.15) is 0 Å². The van der Waals surface area contributed by atoms with E-state index in [1.54, 1.807) is 24.3 Å². The highest BCUT2D eigenvalue weighted by molar-refractivity contribution is 6.00. The van der Waals surface area contributed by atoms with Crippen molar-refractivity contribution in [1.29, 1.82) is 0 Å². The van der Waals surface area contributed by atoms with Crippen LogP contribution in [0.5, 0.6) is 0 Å². The lowest BCUT2D eigenvalue weighted by molar-refractivity contribution is -0.126.